The summed E-state index contributed by atoms with van der Waals surface area (Å²) in [5, 5.41) is 24.1. The first-order chi connectivity index (χ1) is 22.8. The van der Waals surface area contributed by atoms with Crippen LogP contribution in [0.4, 0.5) is 17.1 Å². The molecule has 13 nitrogen and oxygen atoms in total. The smallest absolute Gasteiger partial charge is 0.330 e. The predicted octanol–water partition coefficient (Wildman–Crippen LogP) is 3.84. The number of hydrogen-bond donors (Lipinski definition) is 3. The van der Waals surface area contributed by atoms with E-state index in [1.54, 1.807) is 48.5 Å². The van der Waals surface area contributed by atoms with E-state index in [2.05, 4.69) is 13.2 Å². The zero-order valence-electron chi connectivity index (χ0n) is 26.2. The molecule has 0 bridgehead atoms. The lowest BCUT2D eigenvalue weighted by Crippen LogP contribution is -3.04. The summed E-state index contributed by atoms with van der Waals surface area (Å²) in [4.78, 5) is 32.9. The molecule has 252 valence electrons. The Balaban J connectivity index is 1.38. The first-order valence-corrected chi connectivity index (χ1v) is 15.2. The van der Waals surface area contributed by atoms with Gasteiger partial charge >= 0.3 is 11.9 Å². The normalized spacial score (nSPS) is 11.9. The second-order valence-electron chi connectivity index (χ2n) is 10.1. The average Bonchev–Trinajstić information content (AvgIpc) is 3.08. The van der Waals surface area contributed by atoms with Crippen molar-refractivity contribution in [1.82, 2.24) is 0 Å². The zero-order valence-corrected chi connectivity index (χ0v) is 26.2. The first kappa shape index (κ1) is 36.4. The maximum Gasteiger partial charge on any atom is 0.330 e. The van der Waals surface area contributed by atoms with Crippen molar-refractivity contribution in [2.45, 2.75) is 38.5 Å². The van der Waals surface area contributed by atoms with E-state index in [1.807, 2.05) is 0 Å². The molecule has 2 atom stereocenters. The van der Waals surface area contributed by atoms with Crippen molar-refractivity contribution in [2.75, 3.05) is 32.2 Å². The monoisotopic (exact) mass is 651 g/mol. The number of nitrogens with one attached hydrogen (secondary N) is 2. The predicted molar refractivity (Wildman–Crippen MR) is 174 cm³/mol. The van der Waals surface area contributed by atoms with Gasteiger partial charge in [-0.05, 0) is 74.9 Å². The number of ether oxygens (including phenoxy) is 4. The van der Waals surface area contributed by atoms with Crippen molar-refractivity contribution in [1.29, 1.82) is 0 Å². The Morgan fingerprint density at radius 3 is 1.49 bits per heavy atom. The van der Waals surface area contributed by atoms with Gasteiger partial charge in [0.15, 0.2) is 17.1 Å². The van der Waals surface area contributed by atoms with E-state index in [0.717, 1.165) is 50.7 Å². The lowest BCUT2D eigenvalue weighted by molar-refractivity contribution is -0.963. The van der Waals surface area contributed by atoms with E-state index >= 15 is 0 Å². The highest BCUT2D eigenvalue weighted by Gasteiger charge is 2.13. The number of esters is 2. The second-order valence-corrected chi connectivity index (χ2v) is 10.1. The van der Waals surface area contributed by atoms with E-state index < -0.39 is 22.4 Å². The van der Waals surface area contributed by atoms with Crippen LogP contribution in [0.15, 0.2) is 92.0 Å². The minimum Gasteiger partial charge on any atom is -0.585 e. The maximum atomic E-state index is 12.7. The number of carbonyl (C=O) groups excluding carboxylic acids is 2. The summed E-state index contributed by atoms with van der Waals surface area (Å²) in [6.45, 7) is 8.34. The molecule has 0 saturated heterocycles. The van der Waals surface area contributed by atoms with Crippen LogP contribution in [-0.4, -0.2) is 38.4 Å². The molecule has 0 aliphatic rings. The largest absolute Gasteiger partial charge is 0.585 e. The summed E-state index contributed by atoms with van der Waals surface area (Å²) in [7, 11) is 0. The fourth-order valence-electron chi connectivity index (χ4n) is 3.99. The number of benzene rings is 3. The van der Waals surface area contributed by atoms with Gasteiger partial charge in [0.2, 0.25) is 5.75 Å². The van der Waals surface area contributed by atoms with Crippen molar-refractivity contribution < 1.29 is 48.7 Å². The van der Waals surface area contributed by atoms with E-state index in [1.165, 1.54) is 18.2 Å². The summed E-state index contributed by atoms with van der Waals surface area (Å²) in [6, 6.07) is 17.4. The first-order valence-electron chi connectivity index (χ1n) is 15.2. The van der Waals surface area contributed by atoms with E-state index in [0.29, 0.717) is 49.3 Å². The van der Waals surface area contributed by atoms with Crippen LogP contribution in [0.1, 0.15) is 38.5 Å². The number of carbonyl (C=O) groups is 2. The Bertz CT molecular complexity index is 1420. The molecule has 0 saturated carbocycles. The zero-order chi connectivity index (χ0) is 33.9. The molecular formula is C34H41N3O10. The van der Waals surface area contributed by atoms with E-state index in [4.69, 9.17) is 34.4 Å². The molecule has 0 fully saturated rings. The van der Waals surface area contributed by atoms with Gasteiger partial charge in [-0.3, -0.25) is 0 Å². The Morgan fingerprint density at radius 1 is 0.617 bits per heavy atom. The lowest BCUT2D eigenvalue weighted by atomic mass is 10.2. The SMILES string of the molecule is C=CC(=O)OCCCCCOc1ccc([NH+]([O-])Oc2ccc(O[NH+]([O-])c3ccc(OCCCCCOC(=O)C=C)cc3)c(N)c2)cc1. The second kappa shape index (κ2) is 20.1. The van der Waals surface area contributed by atoms with Crippen LogP contribution in [0.25, 0.3) is 0 Å². The molecule has 0 aliphatic heterocycles. The molecule has 47 heavy (non-hydrogen) atoms. The van der Waals surface area contributed by atoms with Crippen molar-refractivity contribution in [3.63, 3.8) is 0 Å². The van der Waals surface area contributed by atoms with Gasteiger partial charge in [-0.15, -0.1) is 10.5 Å². The van der Waals surface area contributed by atoms with E-state index in [-0.39, 0.29) is 17.2 Å². The molecule has 2 unspecified atom stereocenters. The van der Waals surface area contributed by atoms with Gasteiger partial charge in [-0.2, -0.15) is 0 Å². The lowest BCUT2D eigenvalue weighted by Gasteiger charge is -2.22. The van der Waals surface area contributed by atoms with Gasteiger partial charge in [-0.25, -0.2) is 9.59 Å². The number of nitrogen functional groups attached to an aromatic ring is 1. The highest BCUT2D eigenvalue weighted by atomic mass is 16.9. The molecule has 0 heterocycles. The van der Waals surface area contributed by atoms with Crippen LogP contribution in [0.3, 0.4) is 0 Å². The summed E-state index contributed by atoms with van der Waals surface area (Å²) in [5.74, 6) is 0.649. The summed E-state index contributed by atoms with van der Waals surface area (Å²) in [6.07, 6.45) is 6.96. The van der Waals surface area contributed by atoms with Crippen molar-refractivity contribution in [3.05, 3.63) is 102 Å². The standard InChI is InChI=1S/C34H41N3O10/c1-3-33(38)44-23-9-5-7-21-42-28-15-11-26(12-16-28)36(40)46-30-19-20-32(31(35)25-30)47-37(41)27-13-17-29(18-14-27)43-22-8-6-10-24-45-34(39)4-2/h3-4,11-20,25,36-37H,1-2,5-10,21-24,35H2. The van der Waals surface area contributed by atoms with Gasteiger partial charge in [0.1, 0.15) is 11.5 Å². The molecule has 3 aromatic rings. The summed E-state index contributed by atoms with van der Waals surface area (Å²) >= 11 is 0. The van der Waals surface area contributed by atoms with Crippen LogP contribution in [-0.2, 0) is 19.1 Å². The number of nitrogens with two attached hydrogens (primary N) is 1. The van der Waals surface area contributed by atoms with Gasteiger partial charge < -0.3 is 44.8 Å². The molecule has 0 radical (unpaired) electrons. The molecule has 13 heteroatoms. The molecule has 3 rings (SSSR count). The Hall–Kier alpha value is -5.08. The summed E-state index contributed by atoms with van der Waals surface area (Å²) in [5.41, 5.74) is 6.80. The number of rotatable bonds is 22. The molecule has 3 aromatic carbocycles. The van der Waals surface area contributed by atoms with Crippen molar-refractivity contribution in [3.8, 4) is 23.0 Å². The van der Waals surface area contributed by atoms with Crippen LogP contribution in [0, 0.1) is 10.4 Å². The summed E-state index contributed by atoms with van der Waals surface area (Å²) < 4.78 is 21.2. The topological polar surface area (TPSA) is 171 Å². The molecular weight excluding hydrogens is 610 g/mol. The number of unbranched alkanes of at least 4 members (excludes halogenated alkanes) is 4. The van der Waals surface area contributed by atoms with Gasteiger partial charge in [0, 0.05) is 42.5 Å². The Morgan fingerprint density at radius 2 is 1.04 bits per heavy atom. The number of hydrogen-bond acceptors (Lipinski definition) is 11. The average molecular weight is 652 g/mol. The fraction of sp³-hybridized carbons (Fsp3) is 0.294. The van der Waals surface area contributed by atoms with Crippen LogP contribution < -0.4 is 35.3 Å². The maximum absolute atomic E-state index is 12.7. The molecule has 0 aromatic heterocycles. The highest BCUT2D eigenvalue weighted by molar-refractivity contribution is 5.81. The molecule has 4 N–H and O–H groups in total. The van der Waals surface area contributed by atoms with Crippen molar-refractivity contribution in [2.24, 2.45) is 0 Å². The molecule has 0 amide bonds. The number of anilines is 1. The minimum atomic E-state index is -0.613. The van der Waals surface area contributed by atoms with Crippen molar-refractivity contribution >= 4 is 29.0 Å². The minimum absolute atomic E-state index is 0.116. The van der Waals surface area contributed by atoms with Crippen LogP contribution in [0.2, 0.25) is 0 Å². The third kappa shape index (κ3) is 13.4. The fourth-order valence-corrected chi connectivity index (χ4v) is 3.99. The van der Waals surface area contributed by atoms with Gasteiger partial charge in [-0.1, -0.05) is 13.2 Å². The van der Waals surface area contributed by atoms with E-state index in [9.17, 15) is 20.0 Å². The third-order valence-corrected chi connectivity index (χ3v) is 6.51. The van der Waals surface area contributed by atoms with Crippen LogP contribution >= 0.6 is 0 Å². The van der Waals surface area contributed by atoms with Gasteiger partial charge in [0.05, 0.1) is 32.1 Å². The van der Waals surface area contributed by atoms with Gasteiger partial charge in [0.25, 0.3) is 0 Å². The highest BCUT2D eigenvalue weighted by Crippen LogP contribution is 2.25. The quantitative estimate of drug-likeness (QED) is 0.0474. The molecule has 0 aliphatic carbocycles. The van der Waals surface area contributed by atoms with Crippen LogP contribution in [0.5, 0.6) is 23.0 Å². The Labute approximate surface area is 273 Å². The Kier molecular flexibility index (Phi) is 15.6. The third-order valence-electron chi connectivity index (χ3n) is 6.51. The number of quaternary nitrogens is 2. The molecule has 0 spiro atoms.